The SMILES string of the molecule is O=C(COC(=O)[C@H]1CC(=O)N(c2ccc(F)cc2)C1)Nc1ccc(F)cc1. The smallest absolute Gasteiger partial charge is 0.311 e. The van der Waals surface area contributed by atoms with Gasteiger partial charge in [-0.05, 0) is 48.5 Å². The third kappa shape index (κ3) is 4.66. The average Bonchev–Trinajstić information content (AvgIpc) is 3.04. The average molecular weight is 374 g/mol. The standard InChI is InChI=1S/C19H16F2N2O4/c20-13-1-5-15(6-2-13)22-17(24)11-27-19(26)12-9-18(25)23(10-12)16-7-3-14(21)4-8-16/h1-8,12H,9-11H2,(H,22,24)/t12-/m0/s1. The molecule has 0 bridgehead atoms. The molecule has 1 atom stereocenters. The van der Waals surface area contributed by atoms with E-state index in [9.17, 15) is 23.2 Å². The van der Waals surface area contributed by atoms with Gasteiger partial charge < -0.3 is 15.0 Å². The number of halogens is 2. The van der Waals surface area contributed by atoms with E-state index in [2.05, 4.69) is 5.32 Å². The zero-order valence-electron chi connectivity index (χ0n) is 14.2. The van der Waals surface area contributed by atoms with Crippen LogP contribution in [0, 0.1) is 17.6 Å². The second kappa shape index (κ2) is 7.94. The fourth-order valence-corrected chi connectivity index (χ4v) is 2.72. The Morgan fingerprint density at radius 1 is 1.04 bits per heavy atom. The minimum Gasteiger partial charge on any atom is -0.455 e. The highest BCUT2D eigenvalue weighted by Crippen LogP contribution is 2.26. The van der Waals surface area contributed by atoms with Crippen LogP contribution < -0.4 is 10.2 Å². The van der Waals surface area contributed by atoms with E-state index < -0.39 is 36.0 Å². The maximum Gasteiger partial charge on any atom is 0.311 e. The summed E-state index contributed by atoms with van der Waals surface area (Å²) >= 11 is 0. The number of ether oxygens (including phenoxy) is 1. The van der Waals surface area contributed by atoms with Gasteiger partial charge in [-0.1, -0.05) is 0 Å². The minimum absolute atomic E-state index is 0.0458. The molecule has 0 aliphatic carbocycles. The lowest BCUT2D eigenvalue weighted by atomic mass is 10.1. The summed E-state index contributed by atoms with van der Waals surface area (Å²) in [4.78, 5) is 37.4. The van der Waals surface area contributed by atoms with Crippen molar-refractivity contribution in [1.29, 1.82) is 0 Å². The molecule has 0 unspecified atom stereocenters. The molecule has 27 heavy (non-hydrogen) atoms. The van der Waals surface area contributed by atoms with E-state index in [0.29, 0.717) is 11.4 Å². The number of nitrogens with zero attached hydrogens (tertiary/aromatic N) is 1. The van der Waals surface area contributed by atoms with Gasteiger partial charge in [0.05, 0.1) is 5.92 Å². The first-order chi connectivity index (χ1) is 12.9. The first-order valence-corrected chi connectivity index (χ1v) is 8.20. The Morgan fingerprint density at radius 3 is 2.26 bits per heavy atom. The summed E-state index contributed by atoms with van der Waals surface area (Å²) in [7, 11) is 0. The van der Waals surface area contributed by atoms with Gasteiger partial charge >= 0.3 is 5.97 Å². The van der Waals surface area contributed by atoms with Crippen molar-refractivity contribution in [2.24, 2.45) is 5.92 Å². The minimum atomic E-state index is -0.707. The van der Waals surface area contributed by atoms with Crippen LogP contribution in [0.25, 0.3) is 0 Å². The molecule has 1 heterocycles. The van der Waals surface area contributed by atoms with Crippen molar-refractivity contribution in [2.75, 3.05) is 23.4 Å². The van der Waals surface area contributed by atoms with Crippen molar-refractivity contribution in [3.8, 4) is 0 Å². The Kier molecular flexibility index (Phi) is 5.44. The number of esters is 1. The first kappa shape index (κ1) is 18.5. The molecule has 1 aliphatic heterocycles. The maximum absolute atomic E-state index is 13.0. The van der Waals surface area contributed by atoms with E-state index in [1.807, 2.05) is 0 Å². The largest absolute Gasteiger partial charge is 0.455 e. The zero-order chi connectivity index (χ0) is 19.4. The molecule has 0 spiro atoms. The zero-order valence-corrected chi connectivity index (χ0v) is 14.2. The van der Waals surface area contributed by atoms with E-state index in [1.165, 1.54) is 53.4 Å². The lowest BCUT2D eigenvalue weighted by Crippen LogP contribution is -2.28. The highest BCUT2D eigenvalue weighted by atomic mass is 19.1. The molecule has 0 radical (unpaired) electrons. The highest BCUT2D eigenvalue weighted by Gasteiger charge is 2.36. The summed E-state index contributed by atoms with van der Waals surface area (Å²) in [5, 5.41) is 2.47. The maximum atomic E-state index is 13.0. The number of carbonyl (C=O) groups excluding carboxylic acids is 3. The summed E-state index contributed by atoms with van der Waals surface area (Å²) in [6, 6.07) is 10.5. The monoisotopic (exact) mass is 374 g/mol. The number of hydrogen-bond donors (Lipinski definition) is 1. The predicted octanol–water partition coefficient (Wildman–Crippen LogP) is 2.50. The Balaban J connectivity index is 1.51. The molecule has 3 rings (SSSR count). The third-order valence-corrected chi connectivity index (χ3v) is 4.07. The van der Waals surface area contributed by atoms with E-state index in [0.717, 1.165) is 0 Å². The van der Waals surface area contributed by atoms with Crippen molar-refractivity contribution in [2.45, 2.75) is 6.42 Å². The Hall–Kier alpha value is -3.29. The van der Waals surface area contributed by atoms with Crippen LogP contribution in [0.5, 0.6) is 0 Å². The summed E-state index contributed by atoms with van der Waals surface area (Å²) in [6.07, 6.45) is -0.0458. The van der Waals surface area contributed by atoms with Gasteiger partial charge in [0.25, 0.3) is 5.91 Å². The molecule has 8 heteroatoms. The van der Waals surface area contributed by atoms with Crippen molar-refractivity contribution >= 4 is 29.2 Å². The van der Waals surface area contributed by atoms with E-state index >= 15 is 0 Å². The topological polar surface area (TPSA) is 75.7 Å². The van der Waals surface area contributed by atoms with Crippen LogP contribution in [0.2, 0.25) is 0 Å². The van der Waals surface area contributed by atoms with Crippen LogP contribution in [0.15, 0.2) is 48.5 Å². The van der Waals surface area contributed by atoms with E-state index in [1.54, 1.807) is 0 Å². The number of carbonyl (C=O) groups is 3. The molecule has 1 fully saturated rings. The quantitative estimate of drug-likeness (QED) is 0.816. The summed E-state index contributed by atoms with van der Waals surface area (Å²) in [5.74, 6) is -3.08. The Morgan fingerprint density at radius 2 is 1.63 bits per heavy atom. The summed E-state index contributed by atoms with van der Waals surface area (Å²) in [6.45, 7) is -0.416. The van der Waals surface area contributed by atoms with Gasteiger partial charge in [-0.25, -0.2) is 8.78 Å². The van der Waals surface area contributed by atoms with Crippen molar-refractivity contribution in [3.63, 3.8) is 0 Å². The van der Waals surface area contributed by atoms with Crippen LogP contribution in [0.3, 0.4) is 0 Å². The van der Waals surface area contributed by atoms with Gasteiger partial charge in [-0.3, -0.25) is 14.4 Å². The van der Waals surface area contributed by atoms with Crippen LogP contribution >= 0.6 is 0 Å². The molecule has 2 aromatic rings. The Labute approximate surface area is 153 Å². The molecule has 2 aromatic carbocycles. The molecular weight excluding hydrogens is 358 g/mol. The fourth-order valence-electron chi connectivity index (χ4n) is 2.72. The van der Waals surface area contributed by atoms with Crippen LogP contribution in [0.4, 0.5) is 20.2 Å². The van der Waals surface area contributed by atoms with Crippen LogP contribution in [0.1, 0.15) is 6.42 Å². The van der Waals surface area contributed by atoms with Crippen molar-refractivity contribution < 1.29 is 27.9 Å². The van der Waals surface area contributed by atoms with Crippen LogP contribution in [-0.4, -0.2) is 30.9 Å². The molecule has 1 N–H and O–H groups in total. The molecule has 140 valence electrons. The fraction of sp³-hybridized carbons (Fsp3) is 0.211. The summed E-state index contributed by atoms with van der Waals surface area (Å²) < 4.78 is 30.8. The molecule has 6 nitrogen and oxygen atoms in total. The normalized spacial score (nSPS) is 16.3. The molecular formula is C19H16F2N2O4. The molecule has 2 amide bonds. The van der Waals surface area contributed by atoms with E-state index in [-0.39, 0.29) is 18.9 Å². The first-order valence-electron chi connectivity index (χ1n) is 8.20. The number of benzene rings is 2. The second-order valence-electron chi connectivity index (χ2n) is 6.04. The highest BCUT2D eigenvalue weighted by molar-refractivity contribution is 6.00. The molecule has 1 aliphatic rings. The summed E-state index contributed by atoms with van der Waals surface area (Å²) in [5.41, 5.74) is 0.863. The second-order valence-corrected chi connectivity index (χ2v) is 6.04. The number of amides is 2. The van der Waals surface area contributed by atoms with Crippen LogP contribution in [-0.2, 0) is 19.1 Å². The number of hydrogen-bond acceptors (Lipinski definition) is 4. The third-order valence-electron chi connectivity index (χ3n) is 4.07. The van der Waals surface area contributed by atoms with Crippen molar-refractivity contribution in [3.05, 3.63) is 60.2 Å². The predicted molar refractivity (Wildman–Crippen MR) is 92.8 cm³/mol. The van der Waals surface area contributed by atoms with Gasteiger partial charge in [-0.2, -0.15) is 0 Å². The van der Waals surface area contributed by atoms with Gasteiger partial charge in [-0.15, -0.1) is 0 Å². The molecule has 1 saturated heterocycles. The number of rotatable bonds is 5. The van der Waals surface area contributed by atoms with Gasteiger partial charge in [0.2, 0.25) is 5.91 Å². The van der Waals surface area contributed by atoms with Gasteiger partial charge in [0, 0.05) is 24.3 Å². The lowest BCUT2D eigenvalue weighted by Gasteiger charge is -2.16. The molecule has 0 saturated carbocycles. The Bertz CT molecular complexity index is 853. The van der Waals surface area contributed by atoms with Gasteiger partial charge in [0.1, 0.15) is 11.6 Å². The molecule has 0 aromatic heterocycles. The van der Waals surface area contributed by atoms with E-state index in [4.69, 9.17) is 4.74 Å². The number of nitrogens with one attached hydrogen (secondary N) is 1. The van der Waals surface area contributed by atoms with Gasteiger partial charge in [0.15, 0.2) is 6.61 Å². The number of anilines is 2. The lowest BCUT2D eigenvalue weighted by molar-refractivity contribution is -0.151. The van der Waals surface area contributed by atoms with Crippen molar-refractivity contribution in [1.82, 2.24) is 0 Å².